The molecule has 2 heterocycles. The number of aromatic nitrogens is 4. The lowest BCUT2D eigenvalue weighted by Crippen LogP contribution is -2.16. The lowest BCUT2D eigenvalue weighted by Gasteiger charge is -2.08. The zero-order chi connectivity index (χ0) is 19.7. The first-order valence-electron chi connectivity index (χ1n) is 8.45. The van der Waals surface area contributed by atoms with Gasteiger partial charge in [-0.3, -0.25) is 4.79 Å². The van der Waals surface area contributed by atoms with Gasteiger partial charge in [-0.1, -0.05) is 23.7 Å². The summed E-state index contributed by atoms with van der Waals surface area (Å²) in [5.74, 6) is -0.289. The summed E-state index contributed by atoms with van der Waals surface area (Å²) in [5.41, 5.74) is 2.18. The minimum Gasteiger partial charge on any atom is -0.305 e. The molecule has 2 aromatic heterocycles. The minimum atomic E-state index is -0.404. The van der Waals surface area contributed by atoms with E-state index in [1.165, 1.54) is 16.8 Å². The molecule has 2 aromatic carbocycles. The Labute approximate surface area is 165 Å². The average molecular weight is 396 g/mol. The van der Waals surface area contributed by atoms with Crippen molar-refractivity contribution >= 4 is 23.3 Å². The first-order valence-corrected chi connectivity index (χ1v) is 8.83. The Hall–Kier alpha value is -3.45. The van der Waals surface area contributed by atoms with Gasteiger partial charge in [0.05, 0.1) is 17.1 Å². The number of halogens is 2. The van der Waals surface area contributed by atoms with Crippen molar-refractivity contribution in [1.82, 2.24) is 19.6 Å². The molecule has 4 rings (SSSR count). The summed E-state index contributed by atoms with van der Waals surface area (Å²) < 4.78 is 16.4. The van der Waals surface area contributed by atoms with Crippen molar-refractivity contribution in [1.29, 1.82) is 0 Å². The quantitative estimate of drug-likeness (QED) is 0.556. The van der Waals surface area contributed by atoms with Gasteiger partial charge in [-0.25, -0.2) is 13.8 Å². The van der Waals surface area contributed by atoms with Crippen molar-refractivity contribution < 1.29 is 9.18 Å². The Bertz CT molecular complexity index is 1170. The van der Waals surface area contributed by atoms with E-state index in [9.17, 15) is 9.18 Å². The maximum Gasteiger partial charge on any atom is 0.277 e. The van der Waals surface area contributed by atoms with Gasteiger partial charge in [-0.2, -0.15) is 10.2 Å². The van der Waals surface area contributed by atoms with Gasteiger partial charge in [0.15, 0.2) is 5.69 Å². The summed E-state index contributed by atoms with van der Waals surface area (Å²) in [6, 6.07) is 16.4. The molecule has 1 amide bonds. The highest BCUT2D eigenvalue weighted by Gasteiger charge is 2.15. The molecule has 6 nitrogen and oxygen atoms in total. The predicted molar refractivity (Wildman–Crippen MR) is 105 cm³/mol. The van der Waals surface area contributed by atoms with Crippen LogP contribution in [0.5, 0.6) is 0 Å². The van der Waals surface area contributed by atoms with E-state index in [0.717, 1.165) is 11.4 Å². The van der Waals surface area contributed by atoms with Gasteiger partial charge in [-0.05, 0) is 49.4 Å². The lowest BCUT2D eigenvalue weighted by molar-refractivity contribution is 0.102. The van der Waals surface area contributed by atoms with Crippen LogP contribution in [-0.2, 0) is 0 Å². The second-order valence-electron chi connectivity index (χ2n) is 6.14. The highest BCUT2D eigenvalue weighted by atomic mass is 35.5. The van der Waals surface area contributed by atoms with Crippen molar-refractivity contribution in [3.8, 4) is 11.4 Å². The molecule has 140 valence electrons. The molecule has 0 aliphatic carbocycles. The molecule has 8 heteroatoms. The average Bonchev–Trinajstić information content (AvgIpc) is 3.29. The molecule has 28 heavy (non-hydrogen) atoms. The number of rotatable bonds is 4. The maximum atomic E-state index is 13.4. The Morgan fingerprint density at radius 2 is 1.82 bits per heavy atom. The Balaban J connectivity index is 1.60. The van der Waals surface area contributed by atoms with Gasteiger partial charge in [0, 0.05) is 17.3 Å². The highest BCUT2D eigenvalue weighted by molar-refractivity contribution is 6.30. The molecule has 0 aliphatic heterocycles. The molecule has 0 atom stereocenters. The number of nitrogens with zero attached hydrogens (tertiary/aromatic N) is 4. The van der Waals surface area contributed by atoms with Gasteiger partial charge in [0.25, 0.3) is 5.91 Å². The van der Waals surface area contributed by atoms with Crippen molar-refractivity contribution in [3.63, 3.8) is 0 Å². The van der Waals surface area contributed by atoms with Crippen LogP contribution in [0.4, 0.5) is 10.2 Å². The molecule has 0 saturated heterocycles. The number of hydrogen-bond acceptors (Lipinski definition) is 3. The van der Waals surface area contributed by atoms with E-state index in [4.69, 9.17) is 11.6 Å². The van der Waals surface area contributed by atoms with E-state index in [2.05, 4.69) is 15.5 Å². The summed E-state index contributed by atoms with van der Waals surface area (Å²) >= 11 is 6.06. The van der Waals surface area contributed by atoms with E-state index in [-0.39, 0.29) is 11.5 Å². The summed E-state index contributed by atoms with van der Waals surface area (Å²) in [6.07, 6.45) is 1.60. The first kappa shape index (κ1) is 17.9. The molecule has 0 spiro atoms. The second kappa shape index (κ2) is 7.28. The fourth-order valence-electron chi connectivity index (χ4n) is 2.78. The van der Waals surface area contributed by atoms with Crippen LogP contribution in [0.2, 0.25) is 5.02 Å². The molecular formula is C20H15ClFN5O. The van der Waals surface area contributed by atoms with Gasteiger partial charge >= 0.3 is 0 Å². The number of anilines is 1. The normalized spacial score (nSPS) is 10.8. The Morgan fingerprint density at radius 3 is 2.61 bits per heavy atom. The van der Waals surface area contributed by atoms with Crippen LogP contribution >= 0.6 is 11.6 Å². The summed E-state index contributed by atoms with van der Waals surface area (Å²) in [4.78, 5) is 12.7. The topological polar surface area (TPSA) is 64.7 Å². The fourth-order valence-corrected chi connectivity index (χ4v) is 2.97. The molecule has 0 radical (unpaired) electrons. The van der Waals surface area contributed by atoms with Crippen LogP contribution in [0.3, 0.4) is 0 Å². The van der Waals surface area contributed by atoms with Crippen LogP contribution in [0.15, 0.2) is 66.9 Å². The van der Waals surface area contributed by atoms with Crippen molar-refractivity contribution in [3.05, 3.63) is 89.1 Å². The Morgan fingerprint density at radius 1 is 1.04 bits per heavy atom. The predicted octanol–water partition coefficient (Wildman–Crippen LogP) is 4.41. The molecule has 0 aliphatic rings. The van der Waals surface area contributed by atoms with Crippen molar-refractivity contribution in [2.24, 2.45) is 0 Å². The minimum absolute atomic E-state index is 0.195. The molecule has 0 bridgehead atoms. The van der Waals surface area contributed by atoms with Crippen LogP contribution in [0.25, 0.3) is 11.4 Å². The van der Waals surface area contributed by atoms with Crippen LogP contribution in [0, 0.1) is 12.7 Å². The number of amides is 1. The summed E-state index contributed by atoms with van der Waals surface area (Å²) in [5, 5.41) is 12.0. The molecule has 0 unspecified atom stereocenters. The molecule has 0 saturated carbocycles. The zero-order valence-corrected chi connectivity index (χ0v) is 15.6. The van der Waals surface area contributed by atoms with Crippen LogP contribution in [0.1, 0.15) is 16.2 Å². The third-order valence-corrected chi connectivity index (χ3v) is 4.26. The molecule has 1 N–H and O–H groups in total. The highest BCUT2D eigenvalue weighted by Crippen LogP contribution is 2.21. The first-order chi connectivity index (χ1) is 13.5. The molecular weight excluding hydrogens is 381 g/mol. The summed E-state index contributed by atoms with van der Waals surface area (Å²) in [7, 11) is 0. The number of carbonyl (C=O) groups excluding carboxylic acids is 1. The van der Waals surface area contributed by atoms with Crippen LogP contribution in [-0.4, -0.2) is 25.5 Å². The van der Waals surface area contributed by atoms with E-state index in [1.807, 2.05) is 13.0 Å². The van der Waals surface area contributed by atoms with E-state index in [0.29, 0.717) is 16.5 Å². The van der Waals surface area contributed by atoms with Gasteiger partial charge in [0.2, 0.25) is 0 Å². The maximum absolute atomic E-state index is 13.4. The summed E-state index contributed by atoms with van der Waals surface area (Å²) in [6.45, 7) is 1.83. The molecule has 4 aromatic rings. The van der Waals surface area contributed by atoms with Crippen molar-refractivity contribution in [2.75, 3.05) is 5.32 Å². The number of benzene rings is 2. The van der Waals surface area contributed by atoms with E-state index < -0.39 is 5.91 Å². The van der Waals surface area contributed by atoms with Crippen LogP contribution < -0.4 is 5.32 Å². The Kier molecular flexibility index (Phi) is 4.67. The number of hydrogen-bond donors (Lipinski definition) is 1. The van der Waals surface area contributed by atoms with Gasteiger partial charge < -0.3 is 5.32 Å². The third-order valence-electron chi connectivity index (χ3n) is 4.02. The smallest absolute Gasteiger partial charge is 0.277 e. The number of aryl methyl sites for hydroxylation is 1. The van der Waals surface area contributed by atoms with E-state index >= 15 is 0 Å². The number of nitrogens with one attached hydrogen (secondary N) is 1. The lowest BCUT2D eigenvalue weighted by atomic mass is 10.3. The standard InChI is InChI=1S/C20H15ClFN5O/c1-13-10-19(27(24-13)17-7-2-4-14(21)11-17)23-20(28)18-8-9-26(25-18)16-6-3-5-15(22)12-16/h2-12H,1H3,(H,23,28). The second-order valence-corrected chi connectivity index (χ2v) is 6.58. The third kappa shape index (κ3) is 3.65. The molecule has 0 fully saturated rings. The number of carbonyl (C=O) groups is 1. The zero-order valence-electron chi connectivity index (χ0n) is 14.8. The van der Waals surface area contributed by atoms with E-state index in [1.54, 1.807) is 53.3 Å². The van der Waals surface area contributed by atoms with Crippen molar-refractivity contribution in [2.45, 2.75) is 6.92 Å². The monoisotopic (exact) mass is 395 g/mol. The van der Waals surface area contributed by atoms with Gasteiger partial charge in [0.1, 0.15) is 11.6 Å². The van der Waals surface area contributed by atoms with Gasteiger partial charge in [-0.15, -0.1) is 0 Å². The largest absolute Gasteiger partial charge is 0.305 e. The fraction of sp³-hybridized carbons (Fsp3) is 0.0500. The SMILES string of the molecule is Cc1cc(NC(=O)c2ccn(-c3cccc(F)c3)n2)n(-c2cccc(Cl)c2)n1.